The number of rotatable bonds is 9. The Morgan fingerprint density at radius 1 is 0.947 bits per heavy atom. The first-order valence-electron chi connectivity index (χ1n) is 12.9. The average Bonchev–Trinajstić information content (AvgIpc) is 2.98. The van der Waals surface area contributed by atoms with Crippen LogP contribution >= 0.6 is 0 Å². The summed E-state index contributed by atoms with van der Waals surface area (Å²) in [5, 5.41) is 4.36. The highest BCUT2D eigenvalue weighted by atomic mass is 19.1. The molecule has 200 valence electrons. The van der Waals surface area contributed by atoms with E-state index in [1.54, 1.807) is 43.7 Å². The van der Waals surface area contributed by atoms with Crippen molar-refractivity contribution in [1.29, 1.82) is 0 Å². The van der Waals surface area contributed by atoms with Gasteiger partial charge in [-0.1, -0.05) is 18.2 Å². The van der Waals surface area contributed by atoms with Crippen molar-refractivity contribution in [1.82, 2.24) is 15.0 Å². The van der Waals surface area contributed by atoms with Crippen LogP contribution in [0, 0.1) is 5.82 Å². The second-order valence-corrected chi connectivity index (χ2v) is 9.07. The first-order chi connectivity index (χ1) is 18.7. The van der Waals surface area contributed by atoms with Crippen LogP contribution in [0.3, 0.4) is 0 Å². The fourth-order valence-electron chi connectivity index (χ4n) is 4.36. The normalized spacial score (nSPS) is 16.1. The molecule has 38 heavy (non-hydrogen) atoms. The molecule has 0 saturated carbocycles. The van der Waals surface area contributed by atoms with Crippen LogP contribution in [0.1, 0.15) is 30.4 Å². The highest BCUT2D eigenvalue weighted by Gasteiger charge is 2.20. The molecule has 2 aliphatic rings. The number of nitrogens with zero attached hydrogens (tertiary/aromatic N) is 6. The number of morpholine rings is 1. The summed E-state index contributed by atoms with van der Waals surface area (Å²) in [4.78, 5) is 18.3. The number of piperidine rings is 1. The number of methoxy groups -OCH3 is 1. The molecule has 0 radical (unpaired) electrons. The summed E-state index contributed by atoms with van der Waals surface area (Å²) in [5.41, 5.74) is 4.22. The highest BCUT2D eigenvalue weighted by molar-refractivity contribution is 5.81. The van der Waals surface area contributed by atoms with Crippen LogP contribution in [0.25, 0.3) is 0 Å². The van der Waals surface area contributed by atoms with Crippen LogP contribution in [0.15, 0.2) is 47.6 Å². The Labute approximate surface area is 221 Å². The van der Waals surface area contributed by atoms with E-state index < -0.39 is 0 Å². The summed E-state index contributed by atoms with van der Waals surface area (Å²) >= 11 is 0. The molecule has 2 fully saturated rings. The van der Waals surface area contributed by atoms with Gasteiger partial charge < -0.3 is 24.0 Å². The van der Waals surface area contributed by atoms with Crippen molar-refractivity contribution in [2.75, 3.05) is 61.7 Å². The Kier molecular flexibility index (Phi) is 8.44. The van der Waals surface area contributed by atoms with Crippen LogP contribution < -0.4 is 24.7 Å². The molecule has 0 spiro atoms. The van der Waals surface area contributed by atoms with E-state index in [0.717, 1.165) is 44.6 Å². The molecular weight excluding hydrogens is 489 g/mol. The van der Waals surface area contributed by atoms with Gasteiger partial charge in [0.1, 0.15) is 12.4 Å². The van der Waals surface area contributed by atoms with Crippen molar-refractivity contribution in [3.05, 3.63) is 59.4 Å². The maximum absolute atomic E-state index is 13.9. The first kappa shape index (κ1) is 25.7. The molecule has 2 saturated heterocycles. The van der Waals surface area contributed by atoms with E-state index in [2.05, 4.69) is 30.3 Å². The van der Waals surface area contributed by atoms with E-state index in [0.29, 0.717) is 48.1 Å². The Morgan fingerprint density at radius 3 is 2.42 bits per heavy atom. The summed E-state index contributed by atoms with van der Waals surface area (Å²) in [6, 6.07) is 11.9. The third-order valence-corrected chi connectivity index (χ3v) is 6.45. The molecule has 3 aromatic rings. The molecule has 5 rings (SSSR count). The third kappa shape index (κ3) is 6.46. The van der Waals surface area contributed by atoms with Crippen molar-refractivity contribution in [2.45, 2.75) is 25.9 Å². The van der Waals surface area contributed by atoms with Crippen molar-refractivity contribution >= 4 is 24.1 Å². The lowest BCUT2D eigenvalue weighted by Crippen LogP contribution is -2.38. The predicted octanol–water partition coefficient (Wildman–Crippen LogP) is 3.87. The summed E-state index contributed by atoms with van der Waals surface area (Å²) in [6.07, 6.45) is 5.13. The zero-order chi connectivity index (χ0) is 26.2. The van der Waals surface area contributed by atoms with Gasteiger partial charge in [-0.2, -0.15) is 20.1 Å². The van der Waals surface area contributed by atoms with E-state index in [-0.39, 0.29) is 12.4 Å². The molecule has 1 aromatic heterocycles. The first-order valence-corrected chi connectivity index (χ1v) is 12.9. The molecule has 0 amide bonds. The smallest absolute Gasteiger partial charge is 0.250 e. The summed E-state index contributed by atoms with van der Waals surface area (Å²) in [7, 11) is 1.56. The minimum Gasteiger partial charge on any atom is -0.493 e. The monoisotopic (exact) mass is 521 g/mol. The van der Waals surface area contributed by atoms with Crippen LogP contribution in [0.5, 0.6) is 11.5 Å². The quantitative estimate of drug-likeness (QED) is 0.332. The van der Waals surface area contributed by atoms with E-state index in [1.807, 2.05) is 6.07 Å². The number of hydrazone groups is 1. The summed E-state index contributed by atoms with van der Waals surface area (Å²) < 4.78 is 30.7. The van der Waals surface area contributed by atoms with Crippen molar-refractivity contribution in [2.24, 2.45) is 5.10 Å². The molecule has 11 heteroatoms. The molecule has 10 nitrogen and oxygen atoms in total. The van der Waals surface area contributed by atoms with E-state index in [4.69, 9.17) is 19.2 Å². The molecule has 0 unspecified atom stereocenters. The van der Waals surface area contributed by atoms with Crippen molar-refractivity contribution < 1.29 is 18.6 Å². The lowest BCUT2D eigenvalue weighted by Gasteiger charge is -2.30. The fourth-order valence-corrected chi connectivity index (χ4v) is 4.36. The minimum absolute atomic E-state index is 0.0994. The van der Waals surface area contributed by atoms with E-state index in [9.17, 15) is 4.39 Å². The second-order valence-electron chi connectivity index (χ2n) is 9.07. The minimum atomic E-state index is -0.306. The third-order valence-electron chi connectivity index (χ3n) is 6.45. The van der Waals surface area contributed by atoms with Gasteiger partial charge in [0, 0.05) is 31.7 Å². The van der Waals surface area contributed by atoms with E-state index >= 15 is 0 Å². The SMILES string of the molecule is COc1cc(/C=N/Nc2nc(N3CCCCC3)nc(N3CCOCC3)n2)ccc1OCc1ccccc1F. The van der Waals surface area contributed by atoms with Gasteiger partial charge in [0.05, 0.1) is 26.5 Å². The number of hydrogen-bond donors (Lipinski definition) is 1. The molecule has 0 aliphatic carbocycles. The van der Waals surface area contributed by atoms with Gasteiger partial charge in [0.25, 0.3) is 0 Å². The Balaban J connectivity index is 1.29. The lowest BCUT2D eigenvalue weighted by molar-refractivity contribution is 0.122. The van der Waals surface area contributed by atoms with Crippen LogP contribution in [-0.2, 0) is 11.3 Å². The van der Waals surface area contributed by atoms with Gasteiger partial charge in [0.2, 0.25) is 17.8 Å². The summed E-state index contributed by atoms with van der Waals surface area (Å²) in [5.74, 6) is 2.40. The zero-order valence-corrected chi connectivity index (χ0v) is 21.5. The maximum atomic E-state index is 13.9. The van der Waals surface area contributed by atoms with Gasteiger partial charge in [0.15, 0.2) is 11.5 Å². The molecule has 1 N–H and O–H groups in total. The summed E-state index contributed by atoms with van der Waals surface area (Å²) in [6.45, 7) is 4.72. The molecule has 0 atom stereocenters. The Bertz CT molecular complexity index is 1210. The number of anilines is 3. The predicted molar refractivity (Wildman–Crippen MR) is 144 cm³/mol. The highest BCUT2D eigenvalue weighted by Crippen LogP contribution is 2.29. The Morgan fingerprint density at radius 2 is 1.68 bits per heavy atom. The van der Waals surface area contributed by atoms with Crippen molar-refractivity contribution in [3.63, 3.8) is 0 Å². The van der Waals surface area contributed by atoms with Gasteiger partial charge in [-0.05, 0) is 49.1 Å². The second kappa shape index (κ2) is 12.5. The number of aromatic nitrogens is 3. The van der Waals surface area contributed by atoms with Gasteiger partial charge in [-0.25, -0.2) is 9.82 Å². The van der Waals surface area contributed by atoms with Crippen molar-refractivity contribution in [3.8, 4) is 11.5 Å². The van der Waals surface area contributed by atoms with Crippen LogP contribution in [0.4, 0.5) is 22.2 Å². The molecule has 3 heterocycles. The van der Waals surface area contributed by atoms with Gasteiger partial charge in [-0.3, -0.25) is 0 Å². The standard InChI is InChI=1S/C27H32FN7O3/c1-36-24-17-20(9-10-23(24)38-19-21-7-3-4-8-22(21)28)18-29-33-25-30-26(34-11-5-2-6-12-34)32-27(31-25)35-13-15-37-16-14-35/h3-4,7-10,17-18H,2,5-6,11-16,19H2,1H3,(H,30,31,32,33)/b29-18+. The molecule has 2 aliphatic heterocycles. The van der Waals surface area contributed by atoms with E-state index in [1.165, 1.54) is 12.5 Å². The topological polar surface area (TPSA) is 97.2 Å². The van der Waals surface area contributed by atoms with Crippen LogP contribution in [0.2, 0.25) is 0 Å². The Hall–Kier alpha value is -3.99. The average molecular weight is 522 g/mol. The number of halogens is 1. The maximum Gasteiger partial charge on any atom is 0.250 e. The molecular formula is C27H32FN7O3. The molecule has 2 aromatic carbocycles. The zero-order valence-electron chi connectivity index (χ0n) is 21.5. The van der Waals surface area contributed by atoms with Gasteiger partial charge in [-0.15, -0.1) is 0 Å². The number of nitrogens with one attached hydrogen (secondary N) is 1. The molecule has 0 bridgehead atoms. The number of ether oxygens (including phenoxy) is 3. The lowest BCUT2D eigenvalue weighted by atomic mass is 10.1. The number of benzene rings is 2. The van der Waals surface area contributed by atoms with Crippen LogP contribution in [-0.4, -0.2) is 67.7 Å². The largest absolute Gasteiger partial charge is 0.493 e. The number of hydrogen-bond acceptors (Lipinski definition) is 10. The fraction of sp³-hybridized carbons (Fsp3) is 0.407. The van der Waals surface area contributed by atoms with Gasteiger partial charge >= 0.3 is 0 Å².